The fourth-order valence-corrected chi connectivity index (χ4v) is 2.31. The number of aryl methyl sites for hydroxylation is 1. The summed E-state index contributed by atoms with van der Waals surface area (Å²) < 4.78 is 7.79. The topological polar surface area (TPSA) is 39.9 Å². The van der Waals surface area contributed by atoms with E-state index in [4.69, 9.17) is 16.3 Å². The Morgan fingerprint density at radius 2 is 1.85 bits per heavy atom. The Kier molecular flexibility index (Phi) is 3.32. The molecule has 3 aromatic rings. The first-order valence-electron chi connectivity index (χ1n) is 6.32. The fourth-order valence-electron chi connectivity index (χ4n) is 2.08. The van der Waals surface area contributed by atoms with E-state index in [1.54, 1.807) is 0 Å². The molecule has 0 saturated heterocycles. The summed E-state index contributed by atoms with van der Waals surface area (Å²) in [5, 5.41) is 10.8. The summed E-state index contributed by atoms with van der Waals surface area (Å²) in [6.07, 6.45) is 0. The average Bonchev–Trinajstić information content (AvgIpc) is 2.79. The van der Waals surface area contributed by atoms with Crippen molar-refractivity contribution < 1.29 is 4.74 Å². The number of aromatic nitrogens is 3. The first-order valence-corrected chi connectivity index (χ1v) is 6.69. The van der Waals surface area contributed by atoms with Gasteiger partial charge in [-0.15, -0.1) is 10.2 Å². The van der Waals surface area contributed by atoms with E-state index in [-0.39, 0.29) is 0 Å². The molecule has 0 atom stereocenters. The van der Waals surface area contributed by atoms with Crippen LogP contribution < -0.4 is 4.74 Å². The Morgan fingerprint density at radius 1 is 1.10 bits per heavy atom. The van der Waals surface area contributed by atoms with Crippen LogP contribution in [0.1, 0.15) is 11.6 Å². The Labute approximate surface area is 122 Å². The standard InChI is InChI=1S/C15H14ClN3O/c1-10-17-18-15(19(10)2)9-20-14-8-7-13(16)11-5-3-4-6-12(11)14/h3-8H,9H2,1-2H3. The number of fused-ring (bicyclic) bond motifs is 1. The van der Waals surface area contributed by atoms with Crippen molar-refractivity contribution in [1.29, 1.82) is 0 Å². The van der Waals surface area contributed by atoms with Crippen LogP contribution in [0.5, 0.6) is 5.75 Å². The van der Waals surface area contributed by atoms with Crippen molar-refractivity contribution in [2.75, 3.05) is 0 Å². The summed E-state index contributed by atoms with van der Waals surface area (Å²) in [4.78, 5) is 0. The number of hydrogen-bond donors (Lipinski definition) is 0. The number of halogens is 1. The number of nitrogens with zero attached hydrogens (tertiary/aromatic N) is 3. The summed E-state index contributed by atoms with van der Waals surface area (Å²) in [5.74, 6) is 2.46. The van der Waals surface area contributed by atoms with Crippen LogP contribution in [0, 0.1) is 6.92 Å². The summed E-state index contributed by atoms with van der Waals surface area (Å²) >= 11 is 6.19. The third-order valence-corrected chi connectivity index (χ3v) is 3.70. The van der Waals surface area contributed by atoms with Gasteiger partial charge in [0.15, 0.2) is 5.82 Å². The van der Waals surface area contributed by atoms with Gasteiger partial charge in [0.2, 0.25) is 0 Å². The monoisotopic (exact) mass is 287 g/mol. The first-order chi connectivity index (χ1) is 9.66. The molecule has 0 unspecified atom stereocenters. The van der Waals surface area contributed by atoms with E-state index in [0.29, 0.717) is 6.61 Å². The van der Waals surface area contributed by atoms with Gasteiger partial charge < -0.3 is 9.30 Å². The minimum Gasteiger partial charge on any atom is -0.485 e. The molecule has 0 aliphatic heterocycles. The highest BCUT2D eigenvalue weighted by atomic mass is 35.5. The molecule has 0 N–H and O–H groups in total. The molecular formula is C15H14ClN3O. The van der Waals surface area contributed by atoms with Crippen LogP contribution in [-0.2, 0) is 13.7 Å². The second-order valence-electron chi connectivity index (χ2n) is 4.60. The zero-order valence-electron chi connectivity index (χ0n) is 11.3. The summed E-state index contributed by atoms with van der Waals surface area (Å²) in [6.45, 7) is 2.29. The molecule has 102 valence electrons. The molecule has 0 fully saturated rings. The largest absolute Gasteiger partial charge is 0.485 e. The molecule has 0 bridgehead atoms. The number of hydrogen-bond acceptors (Lipinski definition) is 3. The molecule has 0 amide bonds. The molecule has 0 aliphatic rings. The highest BCUT2D eigenvalue weighted by Gasteiger charge is 2.08. The second kappa shape index (κ2) is 5.13. The molecule has 20 heavy (non-hydrogen) atoms. The predicted molar refractivity (Wildman–Crippen MR) is 79.0 cm³/mol. The average molecular weight is 288 g/mol. The smallest absolute Gasteiger partial charge is 0.170 e. The predicted octanol–water partition coefficient (Wildman–Crippen LogP) is 3.51. The van der Waals surface area contributed by atoms with Crippen LogP contribution in [0.25, 0.3) is 10.8 Å². The Bertz CT molecular complexity index is 767. The second-order valence-corrected chi connectivity index (χ2v) is 5.01. The molecule has 5 heteroatoms. The maximum absolute atomic E-state index is 6.19. The number of ether oxygens (including phenoxy) is 1. The van der Waals surface area contributed by atoms with Crippen molar-refractivity contribution in [2.45, 2.75) is 13.5 Å². The van der Waals surface area contributed by atoms with Crippen molar-refractivity contribution in [3.05, 3.63) is 53.1 Å². The molecule has 4 nitrogen and oxygen atoms in total. The highest BCUT2D eigenvalue weighted by Crippen LogP contribution is 2.31. The van der Waals surface area contributed by atoms with Gasteiger partial charge in [0.25, 0.3) is 0 Å². The van der Waals surface area contributed by atoms with Crippen LogP contribution in [0.2, 0.25) is 5.02 Å². The first kappa shape index (κ1) is 12.9. The Balaban J connectivity index is 1.92. The molecular weight excluding hydrogens is 274 g/mol. The summed E-state index contributed by atoms with van der Waals surface area (Å²) in [5.41, 5.74) is 0. The third kappa shape index (κ3) is 2.23. The van der Waals surface area contributed by atoms with Gasteiger partial charge in [0.1, 0.15) is 18.2 Å². The van der Waals surface area contributed by atoms with E-state index in [2.05, 4.69) is 10.2 Å². The third-order valence-electron chi connectivity index (χ3n) is 3.37. The van der Waals surface area contributed by atoms with Crippen molar-refractivity contribution in [1.82, 2.24) is 14.8 Å². The van der Waals surface area contributed by atoms with Gasteiger partial charge in [0, 0.05) is 22.8 Å². The molecule has 3 rings (SSSR count). The lowest BCUT2D eigenvalue weighted by Crippen LogP contribution is -2.04. The molecule has 2 aromatic carbocycles. The van der Waals surface area contributed by atoms with Crippen LogP contribution >= 0.6 is 11.6 Å². The van der Waals surface area contributed by atoms with E-state index in [0.717, 1.165) is 33.2 Å². The SMILES string of the molecule is Cc1nnc(COc2ccc(Cl)c3ccccc23)n1C. The molecule has 0 radical (unpaired) electrons. The van der Waals surface area contributed by atoms with E-state index >= 15 is 0 Å². The number of rotatable bonds is 3. The van der Waals surface area contributed by atoms with Crippen molar-refractivity contribution in [2.24, 2.45) is 7.05 Å². The fraction of sp³-hybridized carbons (Fsp3) is 0.200. The van der Waals surface area contributed by atoms with Gasteiger partial charge in [-0.05, 0) is 19.1 Å². The normalized spacial score (nSPS) is 10.9. The van der Waals surface area contributed by atoms with E-state index < -0.39 is 0 Å². The molecule has 1 aromatic heterocycles. The zero-order chi connectivity index (χ0) is 14.1. The van der Waals surface area contributed by atoms with Crippen molar-refractivity contribution >= 4 is 22.4 Å². The van der Waals surface area contributed by atoms with Crippen LogP contribution in [-0.4, -0.2) is 14.8 Å². The minimum atomic E-state index is 0.378. The van der Waals surface area contributed by atoms with Crippen LogP contribution in [0.15, 0.2) is 36.4 Å². The molecule has 0 aliphatic carbocycles. The summed E-state index contributed by atoms with van der Waals surface area (Å²) in [7, 11) is 1.92. The van der Waals surface area contributed by atoms with Gasteiger partial charge >= 0.3 is 0 Å². The zero-order valence-corrected chi connectivity index (χ0v) is 12.1. The van der Waals surface area contributed by atoms with E-state index in [9.17, 15) is 0 Å². The Hall–Kier alpha value is -2.07. The molecule has 0 spiro atoms. The van der Waals surface area contributed by atoms with Crippen LogP contribution in [0.3, 0.4) is 0 Å². The van der Waals surface area contributed by atoms with E-state index in [1.807, 2.05) is 54.9 Å². The van der Waals surface area contributed by atoms with Gasteiger partial charge in [-0.1, -0.05) is 35.9 Å². The minimum absolute atomic E-state index is 0.378. The molecule has 0 saturated carbocycles. The number of benzene rings is 2. The summed E-state index contributed by atoms with van der Waals surface area (Å²) in [6, 6.07) is 11.6. The van der Waals surface area contributed by atoms with Gasteiger partial charge in [-0.25, -0.2) is 0 Å². The van der Waals surface area contributed by atoms with Crippen molar-refractivity contribution in [3.63, 3.8) is 0 Å². The van der Waals surface area contributed by atoms with Gasteiger partial charge in [0.05, 0.1) is 0 Å². The van der Waals surface area contributed by atoms with Gasteiger partial charge in [-0.2, -0.15) is 0 Å². The maximum atomic E-state index is 6.19. The lowest BCUT2D eigenvalue weighted by molar-refractivity contribution is 0.294. The van der Waals surface area contributed by atoms with Gasteiger partial charge in [-0.3, -0.25) is 0 Å². The lowest BCUT2D eigenvalue weighted by atomic mass is 10.1. The lowest BCUT2D eigenvalue weighted by Gasteiger charge is -2.10. The Morgan fingerprint density at radius 3 is 2.55 bits per heavy atom. The quantitative estimate of drug-likeness (QED) is 0.740. The molecule has 1 heterocycles. The van der Waals surface area contributed by atoms with E-state index in [1.165, 1.54) is 0 Å². The van der Waals surface area contributed by atoms with Crippen LogP contribution in [0.4, 0.5) is 0 Å². The van der Waals surface area contributed by atoms with Crippen molar-refractivity contribution in [3.8, 4) is 5.75 Å². The highest BCUT2D eigenvalue weighted by molar-refractivity contribution is 6.35. The maximum Gasteiger partial charge on any atom is 0.170 e.